The summed E-state index contributed by atoms with van der Waals surface area (Å²) in [6.07, 6.45) is 1.90. The summed E-state index contributed by atoms with van der Waals surface area (Å²) in [5.74, 6) is 0.250. The third-order valence-electron chi connectivity index (χ3n) is 6.05. The topological polar surface area (TPSA) is 89.5 Å². The number of hydrogen-bond donors (Lipinski definition) is 1. The van der Waals surface area contributed by atoms with Gasteiger partial charge in [0.15, 0.2) is 23.3 Å². The minimum absolute atomic E-state index is 0.175. The molecule has 0 saturated heterocycles. The first-order valence-corrected chi connectivity index (χ1v) is 13.0. The lowest BCUT2D eigenvalue weighted by Gasteiger charge is -2.33. The fourth-order valence-electron chi connectivity index (χ4n) is 4.14. The van der Waals surface area contributed by atoms with E-state index < -0.39 is 12.0 Å². The van der Waals surface area contributed by atoms with Gasteiger partial charge in [-0.1, -0.05) is 23.9 Å². The van der Waals surface area contributed by atoms with Crippen LogP contribution in [-0.2, 0) is 14.3 Å². The standard InChI is InChI=1S/C28H31N3O5S/c1-6-34-23-15-20(26-25(27(33)35-7-2)19(5)29-28-31(26)12-13-37-28)9-11-22(23)36-16-24(32)30-21-10-8-17(3)18(4)14-21/h8-15,26H,6-7,16H2,1-5H3,(H,30,32)/t26-/m0/s1. The zero-order valence-corrected chi connectivity index (χ0v) is 22.5. The summed E-state index contributed by atoms with van der Waals surface area (Å²) in [5.41, 5.74) is 4.89. The van der Waals surface area contributed by atoms with Crippen LogP contribution < -0.4 is 14.8 Å². The van der Waals surface area contributed by atoms with Gasteiger partial charge in [0.1, 0.15) is 0 Å². The molecule has 1 atom stereocenters. The Morgan fingerprint density at radius 3 is 2.54 bits per heavy atom. The molecule has 194 valence electrons. The number of aliphatic imine (C=N–C) groups is 1. The van der Waals surface area contributed by atoms with Gasteiger partial charge in [-0.2, -0.15) is 0 Å². The maximum Gasteiger partial charge on any atom is 0.338 e. The van der Waals surface area contributed by atoms with Crippen LogP contribution in [0.2, 0.25) is 0 Å². The van der Waals surface area contributed by atoms with Crippen LogP contribution in [0.25, 0.3) is 0 Å². The van der Waals surface area contributed by atoms with Gasteiger partial charge in [-0.25, -0.2) is 9.79 Å². The number of aryl methyl sites for hydroxylation is 2. The lowest BCUT2D eigenvalue weighted by atomic mass is 9.94. The highest BCUT2D eigenvalue weighted by molar-refractivity contribution is 8.16. The van der Waals surface area contributed by atoms with Gasteiger partial charge in [0.05, 0.1) is 30.5 Å². The lowest BCUT2D eigenvalue weighted by molar-refractivity contribution is -0.139. The molecule has 9 heteroatoms. The number of ether oxygens (including phenoxy) is 3. The minimum Gasteiger partial charge on any atom is -0.490 e. The molecule has 2 aliphatic rings. The fraction of sp³-hybridized carbons (Fsp3) is 0.321. The van der Waals surface area contributed by atoms with E-state index in [1.54, 1.807) is 13.0 Å². The third kappa shape index (κ3) is 5.83. The highest BCUT2D eigenvalue weighted by Crippen LogP contribution is 2.43. The van der Waals surface area contributed by atoms with E-state index in [-0.39, 0.29) is 19.1 Å². The van der Waals surface area contributed by atoms with Crippen molar-refractivity contribution in [3.8, 4) is 11.5 Å². The largest absolute Gasteiger partial charge is 0.490 e. The highest BCUT2D eigenvalue weighted by atomic mass is 32.2. The number of hydrogen-bond acceptors (Lipinski definition) is 8. The van der Waals surface area contributed by atoms with E-state index in [1.165, 1.54) is 11.8 Å². The quantitative estimate of drug-likeness (QED) is 0.437. The second-order valence-corrected chi connectivity index (χ2v) is 9.47. The van der Waals surface area contributed by atoms with Crippen molar-refractivity contribution >= 4 is 34.5 Å². The van der Waals surface area contributed by atoms with Crippen molar-refractivity contribution in [2.75, 3.05) is 25.1 Å². The lowest BCUT2D eigenvalue weighted by Crippen LogP contribution is -2.34. The summed E-state index contributed by atoms with van der Waals surface area (Å²) >= 11 is 1.50. The van der Waals surface area contributed by atoms with Gasteiger partial charge in [-0.05, 0) is 81.0 Å². The predicted octanol–water partition coefficient (Wildman–Crippen LogP) is 5.49. The molecule has 2 aliphatic heterocycles. The zero-order valence-electron chi connectivity index (χ0n) is 21.7. The molecule has 0 unspecified atom stereocenters. The number of nitrogens with zero attached hydrogens (tertiary/aromatic N) is 2. The van der Waals surface area contributed by atoms with Gasteiger partial charge in [0, 0.05) is 11.9 Å². The van der Waals surface area contributed by atoms with E-state index >= 15 is 0 Å². The molecule has 0 saturated carbocycles. The van der Waals surface area contributed by atoms with Crippen LogP contribution in [0.15, 0.2) is 64.3 Å². The van der Waals surface area contributed by atoms with Gasteiger partial charge in [-0.3, -0.25) is 4.79 Å². The number of benzene rings is 2. The molecule has 0 bridgehead atoms. The number of esters is 1. The average molecular weight is 522 g/mol. The van der Waals surface area contributed by atoms with E-state index in [9.17, 15) is 9.59 Å². The van der Waals surface area contributed by atoms with Crippen LogP contribution in [0.5, 0.6) is 11.5 Å². The van der Waals surface area contributed by atoms with Crippen molar-refractivity contribution in [3.05, 3.63) is 76.0 Å². The number of allylic oxidation sites excluding steroid dienone is 1. The van der Waals surface area contributed by atoms with Crippen LogP contribution in [0, 0.1) is 13.8 Å². The number of nitrogens with one attached hydrogen (secondary N) is 1. The Bertz CT molecular complexity index is 1300. The Morgan fingerprint density at radius 1 is 1.00 bits per heavy atom. The number of anilines is 1. The van der Waals surface area contributed by atoms with Gasteiger partial charge in [0.2, 0.25) is 0 Å². The number of carbonyl (C=O) groups excluding carboxylic acids is 2. The molecule has 0 spiro atoms. The van der Waals surface area contributed by atoms with E-state index in [4.69, 9.17) is 14.2 Å². The minimum atomic E-state index is -0.431. The summed E-state index contributed by atoms with van der Waals surface area (Å²) in [6, 6.07) is 10.8. The molecule has 4 rings (SSSR count). The third-order valence-corrected chi connectivity index (χ3v) is 6.82. The molecule has 1 N–H and O–H groups in total. The van der Waals surface area contributed by atoms with E-state index in [1.807, 2.05) is 74.5 Å². The van der Waals surface area contributed by atoms with E-state index in [2.05, 4.69) is 10.3 Å². The van der Waals surface area contributed by atoms with Crippen molar-refractivity contribution in [2.45, 2.75) is 40.7 Å². The monoisotopic (exact) mass is 521 g/mol. The second kappa shape index (κ2) is 11.6. The molecule has 2 aromatic carbocycles. The molecule has 2 heterocycles. The summed E-state index contributed by atoms with van der Waals surface area (Å²) in [7, 11) is 0. The van der Waals surface area contributed by atoms with Crippen molar-refractivity contribution in [2.24, 2.45) is 4.99 Å². The average Bonchev–Trinajstić information content (AvgIpc) is 3.33. The summed E-state index contributed by atoms with van der Waals surface area (Å²) < 4.78 is 17.1. The van der Waals surface area contributed by atoms with Crippen LogP contribution >= 0.6 is 11.8 Å². The van der Waals surface area contributed by atoms with Crippen molar-refractivity contribution in [3.63, 3.8) is 0 Å². The summed E-state index contributed by atoms with van der Waals surface area (Å²) in [5, 5.41) is 5.58. The molecular formula is C28H31N3O5S. The normalized spacial score (nSPS) is 16.3. The van der Waals surface area contributed by atoms with Gasteiger partial charge in [0.25, 0.3) is 5.91 Å². The zero-order chi connectivity index (χ0) is 26.5. The molecule has 0 aliphatic carbocycles. The van der Waals surface area contributed by atoms with E-state index in [0.717, 1.165) is 27.5 Å². The number of amides is 1. The Labute approximate surface area is 221 Å². The maximum absolute atomic E-state index is 12.9. The van der Waals surface area contributed by atoms with Crippen LogP contribution in [0.4, 0.5) is 5.69 Å². The Balaban J connectivity index is 1.57. The van der Waals surface area contributed by atoms with Crippen molar-refractivity contribution in [1.82, 2.24) is 4.90 Å². The second-order valence-electron chi connectivity index (χ2n) is 8.60. The molecule has 1 amide bonds. The molecule has 0 radical (unpaired) electrons. The number of rotatable bonds is 9. The number of amidine groups is 1. The van der Waals surface area contributed by atoms with Crippen LogP contribution in [-0.4, -0.2) is 41.8 Å². The molecule has 8 nitrogen and oxygen atoms in total. The van der Waals surface area contributed by atoms with Crippen molar-refractivity contribution in [1.29, 1.82) is 0 Å². The number of carbonyl (C=O) groups is 2. The Morgan fingerprint density at radius 2 is 1.81 bits per heavy atom. The summed E-state index contributed by atoms with van der Waals surface area (Å²) in [4.78, 5) is 32.0. The first kappa shape index (κ1) is 26.3. The molecule has 2 aromatic rings. The van der Waals surface area contributed by atoms with E-state index in [0.29, 0.717) is 29.4 Å². The van der Waals surface area contributed by atoms with Crippen molar-refractivity contribution < 1.29 is 23.8 Å². The van der Waals surface area contributed by atoms with Gasteiger partial charge in [-0.15, -0.1) is 0 Å². The first-order chi connectivity index (χ1) is 17.8. The molecule has 37 heavy (non-hydrogen) atoms. The smallest absolute Gasteiger partial charge is 0.338 e. The first-order valence-electron chi connectivity index (χ1n) is 12.2. The van der Waals surface area contributed by atoms with Crippen LogP contribution in [0.1, 0.15) is 43.5 Å². The Kier molecular flexibility index (Phi) is 8.23. The van der Waals surface area contributed by atoms with Gasteiger partial charge < -0.3 is 24.4 Å². The maximum atomic E-state index is 12.9. The van der Waals surface area contributed by atoms with Gasteiger partial charge >= 0.3 is 5.97 Å². The fourth-order valence-corrected chi connectivity index (χ4v) is 4.93. The van der Waals surface area contributed by atoms with Crippen LogP contribution in [0.3, 0.4) is 0 Å². The summed E-state index contributed by atoms with van der Waals surface area (Å²) in [6.45, 7) is 10.00. The molecule has 0 aromatic heterocycles. The predicted molar refractivity (Wildman–Crippen MR) is 146 cm³/mol. The highest BCUT2D eigenvalue weighted by Gasteiger charge is 2.37. The number of fused-ring (bicyclic) bond motifs is 1. The Hall–Kier alpha value is -3.72. The SMILES string of the molecule is CCOC(=O)C1=C(C)N=C2SC=CN2[C@H]1c1ccc(OCC(=O)Nc2ccc(C)c(C)c2)c(OCC)c1. The molecular weight excluding hydrogens is 490 g/mol. The number of thioether (sulfide) groups is 1. The molecule has 0 fully saturated rings.